The van der Waals surface area contributed by atoms with Crippen molar-refractivity contribution in [2.24, 2.45) is 5.92 Å². The molecule has 0 aromatic heterocycles. The average molecular weight is 319 g/mol. The Bertz CT molecular complexity index is 407. The van der Waals surface area contributed by atoms with Crippen molar-refractivity contribution < 1.29 is 4.79 Å². The lowest BCUT2D eigenvalue weighted by molar-refractivity contribution is -0.133. The molecule has 0 radical (unpaired) electrons. The van der Waals surface area contributed by atoms with Crippen LogP contribution in [0.15, 0.2) is 0 Å². The predicted octanol–water partition coefficient (Wildman–Crippen LogP) is 2.38. The molecular weight excluding hydrogens is 286 g/mol. The Balaban J connectivity index is 1.32. The van der Waals surface area contributed by atoms with E-state index in [0.717, 1.165) is 31.5 Å². The fraction of sp³-hybridized carbons (Fsp3) is 0.947. The van der Waals surface area contributed by atoms with E-state index in [9.17, 15) is 4.79 Å². The number of hydrogen-bond acceptors (Lipinski definition) is 3. The van der Waals surface area contributed by atoms with Crippen LogP contribution in [0.1, 0.15) is 64.2 Å². The number of carbonyl (C=O) groups excluding carboxylic acids is 1. The van der Waals surface area contributed by atoms with E-state index in [1.165, 1.54) is 70.9 Å². The minimum Gasteiger partial charge on any atom is -0.341 e. The number of likely N-dealkylation sites (tertiary alicyclic amines) is 2. The second-order valence-electron chi connectivity index (χ2n) is 8.26. The van der Waals surface area contributed by atoms with E-state index in [-0.39, 0.29) is 6.04 Å². The third-order valence-electron chi connectivity index (χ3n) is 6.83. The highest BCUT2D eigenvalue weighted by atomic mass is 16.2. The lowest BCUT2D eigenvalue weighted by Crippen LogP contribution is -2.46. The number of rotatable bonds is 2. The molecule has 0 spiro atoms. The van der Waals surface area contributed by atoms with Crippen LogP contribution in [0.3, 0.4) is 0 Å². The van der Waals surface area contributed by atoms with Gasteiger partial charge in [0.05, 0.1) is 6.04 Å². The van der Waals surface area contributed by atoms with E-state index >= 15 is 0 Å². The molecule has 1 aliphatic carbocycles. The van der Waals surface area contributed by atoms with Crippen LogP contribution in [0.4, 0.5) is 0 Å². The zero-order valence-corrected chi connectivity index (χ0v) is 14.5. The van der Waals surface area contributed by atoms with Gasteiger partial charge in [0, 0.05) is 25.2 Å². The molecule has 4 aliphatic rings. The Morgan fingerprint density at radius 2 is 1.65 bits per heavy atom. The van der Waals surface area contributed by atoms with Gasteiger partial charge in [-0.2, -0.15) is 0 Å². The molecule has 3 saturated heterocycles. The van der Waals surface area contributed by atoms with Crippen molar-refractivity contribution in [1.29, 1.82) is 0 Å². The molecule has 4 fully saturated rings. The number of carbonyl (C=O) groups is 1. The lowest BCUT2D eigenvalue weighted by atomic mass is 9.85. The number of nitrogens with one attached hydrogen (secondary N) is 1. The Labute approximate surface area is 141 Å². The summed E-state index contributed by atoms with van der Waals surface area (Å²) in [6, 6.07) is 1.47. The van der Waals surface area contributed by atoms with Crippen molar-refractivity contribution in [2.75, 3.05) is 26.2 Å². The molecule has 4 nitrogen and oxygen atoms in total. The van der Waals surface area contributed by atoms with Gasteiger partial charge in [-0.05, 0) is 70.4 Å². The number of nitrogens with zero attached hydrogens (tertiary/aromatic N) is 2. The molecule has 1 amide bonds. The van der Waals surface area contributed by atoms with E-state index in [2.05, 4.69) is 15.1 Å². The maximum absolute atomic E-state index is 13.0. The zero-order chi connectivity index (χ0) is 15.6. The largest absolute Gasteiger partial charge is 0.341 e. The number of amides is 1. The van der Waals surface area contributed by atoms with Crippen LogP contribution in [0.5, 0.6) is 0 Å². The van der Waals surface area contributed by atoms with Crippen LogP contribution in [0.2, 0.25) is 0 Å². The molecule has 4 rings (SSSR count). The summed E-state index contributed by atoms with van der Waals surface area (Å²) in [4.78, 5) is 17.8. The van der Waals surface area contributed by atoms with Crippen LogP contribution in [0.25, 0.3) is 0 Å². The Morgan fingerprint density at radius 3 is 2.48 bits per heavy atom. The first-order valence-electron chi connectivity index (χ1n) is 10.1. The number of fused-ring (bicyclic) bond motifs is 1. The molecule has 0 aromatic carbocycles. The minimum absolute atomic E-state index is 0.117. The van der Waals surface area contributed by atoms with Gasteiger partial charge in [0.15, 0.2) is 0 Å². The van der Waals surface area contributed by atoms with Crippen molar-refractivity contribution in [1.82, 2.24) is 15.1 Å². The molecule has 3 heterocycles. The molecule has 0 aromatic rings. The van der Waals surface area contributed by atoms with Gasteiger partial charge < -0.3 is 15.1 Å². The molecule has 23 heavy (non-hydrogen) atoms. The first-order chi connectivity index (χ1) is 11.3. The second kappa shape index (κ2) is 7.10. The maximum Gasteiger partial charge on any atom is 0.239 e. The highest BCUT2D eigenvalue weighted by molar-refractivity contribution is 5.82. The van der Waals surface area contributed by atoms with Gasteiger partial charge in [-0.3, -0.25) is 4.79 Å². The second-order valence-corrected chi connectivity index (χ2v) is 8.26. The predicted molar refractivity (Wildman–Crippen MR) is 92.3 cm³/mol. The van der Waals surface area contributed by atoms with Crippen LogP contribution in [-0.2, 0) is 4.79 Å². The van der Waals surface area contributed by atoms with Gasteiger partial charge in [-0.1, -0.05) is 12.8 Å². The van der Waals surface area contributed by atoms with Gasteiger partial charge in [0.2, 0.25) is 5.91 Å². The molecule has 4 unspecified atom stereocenters. The fourth-order valence-electron chi connectivity index (χ4n) is 5.50. The minimum atomic E-state index is 0.117. The van der Waals surface area contributed by atoms with Crippen LogP contribution < -0.4 is 5.32 Å². The van der Waals surface area contributed by atoms with Crippen LogP contribution in [0, 0.1) is 5.92 Å². The summed E-state index contributed by atoms with van der Waals surface area (Å²) >= 11 is 0. The molecule has 4 heteroatoms. The van der Waals surface area contributed by atoms with Gasteiger partial charge in [-0.15, -0.1) is 0 Å². The Morgan fingerprint density at radius 1 is 0.826 bits per heavy atom. The van der Waals surface area contributed by atoms with Crippen LogP contribution >= 0.6 is 0 Å². The smallest absolute Gasteiger partial charge is 0.239 e. The first-order valence-corrected chi connectivity index (χ1v) is 10.1. The van der Waals surface area contributed by atoms with Gasteiger partial charge >= 0.3 is 0 Å². The topological polar surface area (TPSA) is 35.6 Å². The summed E-state index contributed by atoms with van der Waals surface area (Å²) in [5, 5.41) is 3.68. The molecule has 1 N–H and O–H groups in total. The SMILES string of the molecule is O=C(C1CC2CCCCC2N1)N1CCCC(N2CCCC2)CC1. The summed E-state index contributed by atoms with van der Waals surface area (Å²) in [6.45, 7) is 4.53. The van der Waals surface area contributed by atoms with E-state index in [4.69, 9.17) is 0 Å². The molecule has 4 atom stereocenters. The van der Waals surface area contributed by atoms with Gasteiger partial charge in [0.25, 0.3) is 0 Å². The summed E-state index contributed by atoms with van der Waals surface area (Å²) in [7, 11) is 0. The molecule has 0 bridgehead atoms. The summed E-state index contributed by atoms with van der Waals surface area (Å²) < 4.78 is 0. The van der Waals surface area contributed by atoms with E-state index in [1.807, 2.05) is 0 Å². The zero-order valence-electron chi connectivity index (χ0n) is 14.5. The lowest BCUT2D eigenvalue weighted by Gasteiger charge is -2.27. The average Bonchev–Trinajstić information content (AvgIpc) is 3.19. The molecule has 3 aliphatic heterocycles. The monoisotopic (exact) mass is 319 g/mol. The van der Waals surface area contributed by atoms with Crippen molar-refractivity contribution in [3.8, 4) is 0 Å². The van der Waals surface area contributed by atoms with E-state index < -0.39 is 0 Å². The highest BCUT2D eigenvalue weighted by Gasteiger charge is 2.40. The van der Waals surface area contributed by atoms with Crippen molar-refractivity contribution in [3.05, 3.63) is 0 Å². The molecule has 130 valence electrons. The van der Waals surface area contributed by atoms with Crippen molar-refractivity contribution >= 4 is 5.91 Å². The normalized spacial score (nSPS) is 39.2. The summed E-state index contributed by atoms with van der Waals surface area (Å²) in [5.41, 5.74) is 0. The molecule has 1 saturated carbocycles. The summed E-state index contributed by atoms with van der Waals surface area (Å²) in [6.07, 6.45) is 12.8. The van der Waals surface area contributed by atoms with Crippen LogP contribution in [-0.4, -0.2) is 60.0 Å². The quantitative estimate of drug-likeness (QED) is 0.849. The Kier molecular flexibility index (Phi) is 4.91. The van der Waals surface area contributed by atoms with Gasteiger partial charge in [0.1, 0.15) is 0 Å². The third-order valence-corrected chi connectivity index (χ3v) is 6.83. The van der Waals surface area contributed by atoms with Crippen molar-refractivity contribution in [2.45, 2.75) is 82.3 Å². The first kappa shape index (κ1) is 15.9. The van der Waals surface area contributed by atoms with Crippen molar-refractivity contribution in [3.63, 3.8) is 0 Å². The highest BCUT2D eigenvalue weighted by Crippen LogP contribution is 2.34. The standard InChI is InChI=1S/C19H33N3O/c23-19(18-14-15-6-1-2-8-17(15)20-18)22-12-5-7-16(9-13-22)21-10-3-4-11-21/h15-18,20H,1-14H2. The Hall–Kier alpha value is -0.610. The number of hydrogen-bond donors (Lipinski definition) is 1. The van der Waals surface area contributed by atoms with E-state index in [1.54, 1.807) is 0 Å². The third kappa shape index (κ3) is 3.43. The fourth-order valence-corrected chi connectivity index (χ4v) is 5.50. The van der Waals surface area contributed by atoms with E-state index in [0.29, 0.717) is 11.9 Å². The maximum atomic E-state index is 13.0. The molecular formula is C19H33N3O. The summed E-state index contributed by atoms with van der Waals surface area (Å²) in [5.74, 6) is 1.17. The van der Waals surface area contributed by atoms with Gasteiger partial charge in [-0.25, -0.2) is 0 Å².